The zero-order valence-electron chi connectivity index (χ0n) is 12.6. The van der Waals surface area contributed by atoms with Gasteiger partial charge in [-0.05, 0) is 32.4 Å². The second-order valence-electron chi connectivity index (χ2n) is 5.50. The maximum Gasteiger partial charge on any atom is 0.0624 e. The standard InChI is InChI=1S/C15H27N3O/c1-5-12-9-13(18(4)17-12)10-15(16-6-2)14-7-8-19-11(14)3/h9,11,14-16H,5-8,10H2,1-4H3. The second-order valence-corrected chi connectivity index (χ2v) is 5.50. The highest BCUT2D eigenvalue weighted by Gasteiger charge is 2.31. The molecule has 19 heavy (non-hydrogen) atoms. The molecule has 1 aliphatic rings. The van der Waals surface area contributed by atoms with Gasteiger partial charge in [-0.1, -0.05) is 13.8 Å². The number of hydrogen-bond acceptors (Lipinski definition) is 3. The molecule has 0 radical (unpaired) electrons. The molecule has 108 valence electrons. The molecule has 1 aromatic heterocycles. The van der Waals surface area contributed by atoms with Crippen LogP contribution in [-0.2, 0) is 24.6 Å². The number of aromatic nitrogens is 2. The molecule has 1 N–H and O–H groups in total. The lowest BCUT2D eigenvalue weighted by Gasteiger charge is -2.26. The molecule has 3 atom stereocenters. The first-order valence-electron chi connectivity index (χ1n) is 7.52. The van der Waals surface area contributed by atoms with Crippen LogP contribution in [0.3, 0.4) is 0 Å². The zero-order chi connectivity index (χ0) is 13.8. The molecule has 0 amide bonds. The first-order valence-corrected chi connectivity index (χ1v) is 7.52. The first-order chi connectivity index (χ1) is 9.15. The van der Waals surface area contributed by atoms with Gasteiger partial charge in [-0.25, -0.2) is 0 Å². The summed E-state index contributed by atoms with van der Waals surface area (Å²) in [5, 5.41) is 8.18. The third-order valence-corrected chi connectivity index (χ3v) is 4.24. The summed E-state index contributed by atoms with van der Waals surface area (Å²) < 4.78 is 7.76. The molecule has 0 bridgehead atoms. The summed E-state index contributed by atoms with van der Waals surface area (Å²) in [6.07, 6.45) is 3.57. The topological polar surface area (TPSA) is 39.1 Å². The molecule has 0 aliphatic carbocycles. The number of hydrogen-bond donors (Lipinski definition) is 1. The van der Waals surface area contributed by atoms with Crippen molar-refractivity contribution in [3.63, 3.8) is 0 Å². The molecule has 1 fully saturated rings. The average molecular weight is 265 g/mol. The van der Waals surface area contributed by atoms with Crippen molar-refractivity contribution in [2.45, 2.75) is 52.2 Å². The highest BCUT2D eigenvalue weighted by molar-refractivity contribution is 5.12. The molecule has 0 saturated carbocycles. The molecule has 2 rings (SSSR count). The summed E-state index contributed by atoms with van der Waals surface area (Å²) in [6.45, 7) is 8.43. The maximum absolute atomic E-state index is 5.72. The lowest BCUT2D eigenvalue weighted by Crippen LogP contribution is -2.41. The fourth-order valence-corrected chi connectivity index (χ4v) is 3.07. The van der Waals surface area contributed by atoms with Crippen molar-refractivity contribution >= 4 is 0 Å². The summed E-state index contributed by atoms with van der Waals surface area (Å²) >= 11 is 0. The van der Waals surface area contributed by atoms with E-state index in [-0.39, 0.29) is 0 Å². The monoisotopic (exact) mass is 265 g/mol. The lowest BCUT2D eigenvalue weighted by atomic mass is 9.90. The Morgan fingerprint density at radius 2 is 2.32 bits per heavy atom. The van der Waals surface area contributed by atoms with Crippen LogP contribution in [0.5, 0.6) is 0 Å². The van der Waals surface area contributed by atoms with E-state index in [1.165, 1.54) is 11.4 Å². The van der Waals surface area contributed by atoms with E-state index < -0.39 is 0 Å². The average Bonchev–Trinajstić information content (AvgIpc) is 2.96. The largest absolute Gasteiger partial charge is 0.378 e. The highest BCUT2D eigenvalue weighted by Crippen LogP contribution is 2.26. The Balaban J connectivity index is 2.09. The Bertz CT molecular complexity index is 402. The fraction of sp³-hybridized carbons (Fsp3) is 0.800. The van der Waals surface area contributed by atoms with Crippen LogP contribution in [0.4, 0.5) is 0 Å². The van der Waals surface area contributed by atoms with Crippen molar-refractivity contribution in [3.05, 3.63) is 17.5 Å². The SMILES string of the molecule is CCNC(Cc1cc(CC)nn1C)C1CCOC1C. The number of ether oxygens (including phenoxy) is 1. The van der Waals surface area contributed by atoms with Gasteiger partial charge >= 0.3 is 0 Å². The minimum absolute atomic E-state index is 0.364. The van der Waals surface area contributed by atoms with Crippen molar-refractivity contribution in [2.24, 2.45) is 13.0 Å². The van der Waals surface area contributed by atoms with Crippen molar-refractivity contribution in [1.29, 1.82) is 0 Å². The van der Waals surface area contributed by atoms with E-state index in [9.17, 15) is 0 Å². The van der Waals surface area contributed by atoms with Gasteiger partial charge in [-0.15, -0.1) is 0 Å². The van der Waals surface area contributed by atoms with Crippen LogP contribution in [0, 0.1) is 5.92 Å². The van der Waals surface area contributed by atoms with E-state index >= 15 is 0 Å². The lowest BCUT2D eigenvalue weighted by molar-refractivity contribution is 0.0953. The second kappa shape index (κ2) is 6.53. The molecule has 3 unspecified atom stereocenters. The van der Waals surface area contributed by atoms with Gasteiger partial charge in [0, 0.05) is 37.7 Å². The molecule has 2 heterocycles. The third kappa shape index (κ3) is 3.37. The summed E-state index contributed by atoms with van der Waals surface area (Å²) in [5.41, 5.74) is 2.50. The quantitative estimate of drug-likeness (QED) is 0.854. The third-order valence-electron chi connectivity index (χ3n) is 4.24. The van der Waals surface area contributed by atoms with Gasteiger partial charge in [0.1, 0.15) is 0 Å². The van der Waals surface area contributed by atoms with E-state index in [2.05, 4.69) is 37.3 Å². The van der Waals surface area contributed by atoms with Gasteiger partial charge in [0.15, 0.2) is 0 Å². The number of aryl methyl sites for hydroxylation is 2. The van der Waals surface area contributed by atoms with Crippen molar-refractivity contribution < 1.29 is 4.74 Å². The number of nitrogens with zero attached hydrogens (tertiary/aromatic N) is 2. The van der Waals surface area contributed by atoms with E-state index in [0.29, 0.717) is 18.1 Å². The molecule has 1 saturated heterocycles. The Kier molecular flexibility index (Phi) is 4.99. The first kappa shape index (κ1) is 14.5. The molecule has 1 aliphatic heterocycles. The Labute approximate surface area is 116 Å². The van der Waals surface area contributed by atoms with Gasteiger partial charge in [0.05, 0.1) is 11.8 Å². The highest BCUT2D eigenvalue weighted by atomic mass is 16.5. The van der Waals surface area contributed by atoms with Crippen LogP contribution in [0.15, 0.2) is 6.07 Å². The zero-order valence-corrected chi connectivity index (χ0v) is 12.6. The maximum atomic E-state index is 5.72. The van der Waals surface area contributed by atoms with Crippen LogP contribution < -0.4 is 5.32 Å². The number of nitrogens with one attached hydrogen (secondary N) is 1. The van der Waals surface area contributed by atoms with Crippen LogP contribution >= 0.6 is 0 Å². The van der Waals surface area contributed by atoms with E-state index in [0.717, 1.165) is 32.4 Å². The van der Waals surface area contributed by atoms with Crippen LogP contribution in [-0.4, -0.2) is 35.1 Å². The molecule has 4 heteroatoms. The van der Waals surface area contributed by atoms with Gasteiger partial charge in [0.2, 0.25) is 0 Å². The van der Waals surface area contributed by atoms with Crippen LogP contribution in [0.2, 0.25) is 0 Å². The van der Waals surface area contributed by atoms with Crippen LogP contribution in [0.25, 0.3) is 0 Å². The minimum atomic E-state index is 0.364. The van der Waals surface area contributed by atoms with Crippen molar-refractivity contribution in [2.75, 3.05) is 13.2 Å². The molecule has 0 aromatic carbocycles. The summed E-state index contributed by atoms with van der Waals surface area (Å²) in [6, 6.07) is 2.73. The smallest absolute Gasteiger partial charge is 0.0624 e. The number of rotatable bonds is 6. The van der Waals surface area contributed by atoms with Gasteiger partial charge in [-0.2, -0.15) is 5.10 Å². The predicted octanol–water partition coefficient (Wildman–Crippen LogP) is 1.93. The Morgan fingerprint density at radius 1 is 1.53 bits per heavy atom. The van der Waals surface area contributed by atoms with Crippen molar-refractivity contribution in [3.8, 4) is 0 Å². The Hall–Kier alpha value is -0.870. The van der Waals surface area contributed by atoms with Crippen molar-refractivity contribution in [1.82, 2.24) is 15.1 Å². The minimum Gasteiger partial charge on any atom is -0.378 e. The Morgan fingerprint density at radius 3 is 2.84 bits per heavy atom. The molecular weight excluding hydrogens is 238 g/mol. The summed E-state index contributed by atoms with van der Waals surface area (Å²) in [7, 11) is 2.05. The molecule has 1 aromatic rings. The molecular formula is C15H27N3O. The van der Waals surface area contributed by atoms with Gasteiger partial charge < -0.3 is 10.1 Å². The normalized spacial score (nSPS) is 24.8. The molecule has 4 nitrogen and oxygen atoms in total. The predicted molar refractivity (Wildman–Crippen MR) is 77.3 cm³/mol. The summed E-state index contributed by atoms with van der Waals surface area (Å²) in [5.74, 6) is 0.611. The van der Waals surface area contributed by atoms with Gasteiger partial charge in [-0.3, -0.25) is 4.68 Å². The van der Waals surface area contributed by atoms with E-state index in [4.69, 9.17) is 4.74 Å². The summed E-state index contributed by atoms with van der Waals surface area (Å²) in [4.78, 5) is 0. The fourth-order valence-electron chi connectivity index (χ4n) is 3.07. The van der Waals surface area contributed by atoms with E-state index in [1.807, 2.05) is 11.7 Å². The van der Waals surface area contributed by atoms with E-state index in [1.54, 1.807) is 0 Å². The van der Waals surface area contributed by atoms with Crippen LogP contribution in [0.1, 0.15) is 38.6 Å². The van der Waals surface area contributed by atoms with Gasteiger partial charge in [0.25, 0.3) is 0 Å². The molecule has 0 spiro atoms. The number of likely N-dealkylation sites (N-methyl/N-ethyl adjacent to an activating group) is 1.